The summed E-state index contributed by atoms with van der Waals surface area (Å²) in [4.78, 5) is 12.3. The molecule has 1 heterocycles. The molecule has 2 nitrogen and oxygen atoms in total. The Bertz CT molecular complexity index is 239. The molecule has 0 amide bonds. The molecule has 17 heavy (non-hydrogen) atoms. The van der Waals surface area contributed by atoms with Gasteiger partial charge in [0.1, 0.15) is 5.78 Å². The Morgan fingerprint density at radius 1 is 1.41 bits per heavy atom. The van der Waals surface area contributed by atoms with E-state index < -0.39 is 0 Å². The zero-order valence-electron chi connectivity index (χ0n) is 12.0. The van der Waals surface area contributed by atoms with E-state index in [0.717, 1.165) is 25.9 Å². The smallest absolute Gasteiger partial charge is 0.138 e. The Morgan fingerprint density at radius 3 is 2.65 bits per heavy atom. The van der Waals surface area contributed by atoms with Crippen molar-refractivity contribution in [2.24, 2.45) is 17.3 Å². The van der Waals surface area contributed by atoms with Gasteiger partial charge in [0.25, 0.3) is 0 Å². The number of ketones is 1. The van der Waals surface area contributed by atoms with Crippen LogP contribution in [0.15, 0.2) is 0 Å². The molecular weight excluding hydrogens is 210 g/mol. The standard InChI is InChI=1S/C15H29NO/c1-12(2)7-5-9-14(17)15(3,4)13-8-6-10-16-11-13/h12-13,16H,5-11H2,1-4H3. The summed E-state index contributed by atoms with van der Waals surface area (Å²) in [5, 5.41) is 3.42. The molecule has 0 spiro atoms. The lowest BCUT2D eigenvalue weighted by Crippen LogP contribution is -2.42. The van der Waals surface area contributed by atoms with Crippen molar-refractivity contribution in [2.75, 3.05) is 13.1 Å². The number of Topliss-reactive ketones (excluding diaryl/α,β-unsaturated/α-hetero) is 1. The number of piperidine rings is 1. The average molecular weight is 239 g/mol. The van der Waals surface area contributed by atoms with Gasteiger partial charge in [-0.2, -0.15) is 0 Å². The van der Waals surface area contributed by atoms with Crippen LogP contribution in [-0.4, -0.2) is 18.9 Å². The third kappa shape index (κ3) is 4.42. The first-order valence-electron chi connectivity index (χ1n) is 7.18. The lowest BCUT2D eigenvalue weighted by atomic mass is 9.71. The molecule has 1 aliphatic heterocycles. The topological polar surface area (TPSA) is 29.1 Å². The number of hydrogen-bond acceptors (Lipinski definition) is 2. The first kappa shape index (κ1) is 14.7. The monoisotopic (exact) mass is 239 g/mol. The second-order valence-corrected chi connectivity index (χ2v) is 6.47. The van der Waals surface area contributed by atoms with Crippen molar-refractivity contribution in [3.8, 4) is 0 Å². The van der Waals surface area contributed by atoms with Crippen molar-refractivity contribution in [2.45, 2.75) is 59.8 Å². The Morgan fingerprint density at radius 2 is 2.12 bits per heavy atom. The Kier molecular flexibility index (Phi) is 5.64. The van der Waals surface area contributed by atoms with E-state index in [9.17, 15) is 4.79 Å². The lowest BCUT2D eigenvalue weighted by Gasteiger charge is -2.36. The highest BCUT2D eigenvalue weighted by molar-refractivity contribution is 5.84. The summed E-state index contributed by atoms with van der Waals surface area (Å²) >= 11 is 0. The summed E-state index contributed by atoms with van der Waals surface area (Å²) in [7, 11) is 0. The van der Waals surface area contributed by atoms with E-state index in [4.69, 9.17) is 0 Å². The molecule has 0 aliphatic carbocycles. The van der Waals surface area contributed by atoms with Gasteiger partial charge in [-0.15, -0.1) is 0 Å². The van der Waals surface area contributed by atoms with Gasteiger partial charge in [-0.05, 0) is 44.2 Å². The van der Waals surface area contributed by atoms with Crippen LogP contribution < -0.4 is 5.32 Å². The molecular formula is C15H29NO. The SMILES string of the molecule is CC(C)CCCC(=O)C(C)(C)C1CCCNC1. The Hall–Kier alpha value is -0.370. The highest BCUT2D eigenvalue weighted by Gasteiger charge is 2.36. The summed E-state index contributed by atoms with van der Waals surface area (Å²) in [5.41, 5.74) is -0.135. The van der Waals surface area contributed by atoms with Gasteiger partial charge in [-0.25, -0.2) is 0 Å². The van der Waals surface area contributed by atoms with Crippen LogP contribution in [-0.2, 0) is 4.79 Å². The molecule has 2 heteroatoms. The quantitative estimate of drug-likeness (QED) is 0.769. The fourth-order valence-corrected chi connectivity index (χ4v) is 2.69. The van der Waals surface area contributed by atoms with E-state index in [0.29, 0.717) is 17.6 Å². The van der Waals surface area contributed by atoms with Crippen molar-refractivity contribution >= 4 is 5.78 Å². The van der Waals surface area contributed by atoms with E-state index in [-0.39, 0.29) is 5.41 Å². The van der Waals surface area contributed by atoms with Gasteiger partial charge in [0.05, 0.1) is 0 Å². The van der Waals surface area contributed by atoms with Gasteiger partial charge >= 0.3 is 0 Å². The molecule has 1 N–H and O–H groups in total. The number of nitrogens with one attached hydrogen (secondary N) is 1. The van der Waals surface area contributed by atoms with E-state index >= 15 is 0 Å². The largest absolute Gasteiger partial charge is 0.316 e. The Labute approximate surface area is 107 Å². The van der Waals surface area contributed by atoms with Crippen LogP contribution in [0.3, 0.4) is 0 Å². The van der Waals surface area contributed by atoms with Gasteiger partial charge in [-0.1, -0.05) is 34.1 Å². The van der Waals surface area contributed by atoms with Crippen molar-refractivity contribution in [1.82, 2.24) is 5.32 Å². The van der Waals surface area contributed by atoms with Gasteiger partial charge in [0, 0.05) is 11.8 Å². The summed E-state index contributed by atoms with van der Waals surface area (Å²) in [6, 6.07) is 0. The van der Waals surface area contributed by atoms with Gasteiger partial charge in [0.2, 0.25) is 0 Å². The summed E-state index contributed by atoms with van der Waals surface area (Å²) in [6.45, 7) is 10.9. The first-order chi connectivity index (χ1) is 7.94. The van der Waals surface area contributed by atoms with Crippen LogP contribution >= 0.6 is 0 Å². The minimum absolute atomic E-state index is 0.135. The van der Waals surface area contributed by atoms with Gasteiger partial charge in [-0.3, -0.25) is 4.79 Å². The number of hydrogen-bond donors (Lipinski definition) is 1. The van der Waals surface area contributed by atoms with E-state index in [1.165, 1.54) is 19.3 Å². The zero-order chi connectivity index (χ0) is 12.9. The normalized spacial score (nSPS) is 21.8. The number of carbonyl (C=O) groups is 1. The second-order valence-electron chi connectivity index (χ2n) is 6.47. The molecule has 1 rings (SSSR count). The molecule has 0 aromatic rings. The average Bonchev–Trinajstić information content (AvgIpc) is 2.29. The second kappa shape index (κ2) is 6.53. The first-order valence-corrected chi connectivity index (χ1v) is 7.18. The van der Waals surface area contributed by atoms with Crippen LogP contribution in [0.5, 0.6) is 0 Å². The molecule has 0 bridgehead atoms. The third-order valence-electron chi connectivity index (χ3n) is 4.22. The fourth-order valence-electron chi connectivity index (χ4n) is 2.69. The highest BCUT2D eigenvalue weighted by Crippen LogP contribution is 2.34. The van der Waals surface area contributed by atoms with E-state index in [1.54, 1.807) is 0 Å². The van der Waals surface area contributed by atoms with Crippen LogP contribution in [0.1, 0.15) is 59.8 Å². The highest BCUT2D eigenvalue weighted by atomic mass is 16.1. The number of carbonyl (C=O) groups excluding carboxylic acids is 1. The molecule has 1 fully saturated rings. The van der Waals surface area contributed by atoms with Crippen LogP contribution in [0.25, 0.3) is 0 Å². The minimum atomic E-state index is -0.135. The predicted molar refractivity (Wildman–Crippen MR) is 73.1 cm³/mol. The summed E-state index contributed by atoms with van der Waals surface area (Å²) in [5.74, 6) is 1.71. The maximum absolute atomic E-state index is 12.3. The molecule has 1 atom stereocenters. The van der Waals surface area contributed by atoms with E-state index in [1.807, 2.05) is 0 Å². The van der Waals surface area contributed by atoms with Crippen LogP contribution in [0.4, 0.5) is 0 Å². The zero-order valence-corrected chi connectivity index (χ0v) is 12.0. The van der Waals surface area contributed by atoms with Crippen molar-refractivity contribution in [3.05, 3.63) is 0 Å². The summed E-state index contributed by atoms with van der Waals surface area (Å²) < 4.78 is 0. The third-order valence-corrected chi connectivity index (χ3v) is 4.22. The lowest BCUT2D eigenvalue weighted by molar-refractivity contribution is -0.130. The van der Waals surface area contributed by atoms with Gasteiger partial charge < -0.3 is 5.32 Å². The van der Waals surface area contributed by atoms with Crippen LogP contribution in [0, 0.1) is 17.3 Å². The summed E-state index contributed by atoms with van der Waals surface area (Å²) in [6.07, 6.45) is 5.41. The Balaban J connectivity index is 2.41. The van der Waals surface area contributed by atoms with Crippen molar-refractivity contribution < 1.29 is 4.79 Å². The molecule has 0 aromatic heterocycles. The van der Waals surface area contributed by atoms with Crippen molar-refractivity contribution in [3.63, 3.8) is 0 Å². The molecule has 1 unspecified atom stereocenters. The molecule has 0 radical (unpaired) electrons. The van der Waals surface area contributed by atoms with Crippen molar-refractivity contribution in [1.29, 1.82) is 0 Å². The van der Waals surface area contributed by atoms with E-state index in [2.05, 4.69) is 33.0 Å². The van der Waals surface area contributed by atoms with Gasteiger partial charge in [0.15, 0.2) is 0 Å². The maximum Gasteiger partial charge on any atom is 0.138 e. The molecule has 1 saturated heterocycles. The fraction of sp³-hybridized carbons (Fsp3) is 0.933. The molecule has 0 aromatic carbocycles. The van der Waals surface area contributed by atoms with Crippen LogP contribution in [0.2, 0.25) is 0 Å². The molecule has 100 valence electrons. The molecule has 0 saturated carbocycles. The molecule has 1 aliphatic rings. The maximum atomic E-state index is 12.3. The number of rotatable bonds is 6. The predicted octanol–water partition coefficient (Wildman–Crippen LogP) is 3.41. The minimum Gasteiger partial charge on any atom is -0.316 e.